The van der Waals surface area contributed by atoms with Crippen molar-refractivity contribution in [1.82, 2.24) is 18.9 Å². The Bertz CT molecular complexity index is 968. The molecule has 9 heteroatoms. The van der Waals surface area contributed by atoms with E-state index in [9.17, 15) is 13.2 Å². The fourth-order valence-electron chi connectivity index (χ4n) is 3.86. The van der Waals surface area contributed by atoms with Crippen LogP contribution in [0, 0.1) is 20.8 Å². The topological polar surface area (TPSA) is 88.7 Å². The fourth-order valence-corrected chi connectivity index (χ4v) is 4.61. The molecule has 1 aliphatic rings. The van der Waals surface area contributed by atoms with Crippen LogP contribution in [0.1, 0.15) is 40.3 Å². The van der Waals surface area contributed by atoms with Gasteiger partial charge in [0.05, 0.1) is 12.8 Å². The summed E-state index contributed by atoms with van der Waals surface area (Å²) in [6.07, 6.45) is 2.69. The van der Waals surface area contributed by atoms with E-state index >= 15 is 0 Å². The van der Waals surface area contributed by atoms with Gasteiger partial charge in [0, 0.05) is 49.2 Å². The molecule has 154 valence electrons. The Hall–Kier alpha value is -1.97. The summed E-state index contributed by atoms with van der Waals surface area (Å²) in [5.41, 5.74) is 2.47. The minimum atomic E-state index is -3.19. The molecule has 0 spiro atoms. The number of aryl methyl sites for hydroxylation is 2. The molecular formula is C19H28N4O4S. The van der Waals surface area contributed by atoms with Crippen LogP contribution in [-0.4, -0.2) is 72.1 Å². The van der Waals surface area contributed by atoms with Gasteiger partial charge < -0.3 is 4.52 Å². The van der Waals surface area contributed by atoms with Crippen LogP contribution in [0.25, 0.3) is 5.82 Å². The van der Waals surface area contributed by atoms with Gasteiger partial charge in [0.25, 0.3) is 0 Å². The summed E-state index contributed by atoms with van der Waals surface area (Å²) in [5.74, 6) is 1.46. The molecule has 0 aliphatic carbocycles. The molecule has 0 unspecified atom stereocenters. The van der Waals surface area contributed by atoms with Crippen molar-refractivity contribution in [2.45, 2.75) is 39.7 Å². The molecule has 0 bridgehead atoms. The molecule has 1 saturated heterocycles. The highest BCUT2D eigenvalue weighted by molar-refractivity contribution is 7.88. The number of hydrogen-bond acceptors (Lipinski definition) is 6. The summed E-state index contributed by atoms with van der Waals surface area (Å²) < 4.78 is 32.0. The van der Waals surface area contributed by atoms with Crippen LogP contribution in [0.15, 0.2) is 16.7 Å². The summed E-state index contributed by atoms with van der Waals surface area (Å²) in [4.78, 5) is 15.0. The van der Waals surface area contributed by atoms with E-state index in [1.165, 1.54) is 10.6 Å². The maximum absolute atomic E-state index is 12.9. The molecule has 0 N–H and O–H groups in total. The number of aromatic nitrogens is 2. The Morgan fingerprint density at radius 2 is 1.89 bits per heavy atom. The predicted molar refractivity (Wildman–Crippen MR) is 106 cm³/mol. The predicted octanol–water partition coefficient (Wildman–Crippen LogP) is 1.93. The van der Waals surface area contributed by atoms with E-state index in [4.69, 9.17) is 4.52 Å². The quantitative estimate of drug-likeness (QED) is 0.679. The molecule has 2 aromatic rings. The third-order valence-electron chi connectivity index (χ3n) is 5.54. The van der Waals surface area contributed by atoms with Crippen molar-refractivity contribution < 1.29 is 17.7 Å². The zero-order valence-corrected chi connectivity index (χ0v) is 17.9. The smallest absolute Gasteiger partial charge is 0.211 e. The minimum Gasteiger partial charge on any atom is -0.360 e. The molecule has 0 atom stereocenters. The van der Waals surface area contributed by atoms with Gasteiger partial charge in [0.15, 0.2) is 11.6 Å². The number of rotatable bonds is 6. The van der Waals surface area contributed by atoms with E-state index in [1.807, 2.05) is 37.5 Å². The van der Waals surface area contributed by atoms with Crippen molar-refractivity contribution in [1.29, 1.82) is 0 Å². The highest BCUT2D eigenvalue weighted by Crippen LogP contribution is 2.22. The molecule has 1 aliphatic heterocycles. The molecule has 1 fully saturated rings. The van der Waals surface area contributed by atoms with Crippen molar-refractivity contribution in [2.75, 3.05) is 32.9 Å². The van der Waals surface area contributed by atoms with Gasteiger partial charge in [0.1, 0.15) is 5.76 Å². The first kappa shape index (κ1) is 20.8. The SMILES string of the molecule is Cc1cc(-n2c(C)cc(C(=O)CN3CCC(N(C)S(C)(=O)=O)CC3)c2C)no1. The van der Waals surface area contributed by atoms with Gasteiger partial charge in [-0.2, -0.15) is 0 Å². The second kappa shape index (κ2) is 7.81. The van der Waals surface area contributed by atoms with Gasteiger partial charge in [-0.25, -0.2) is 12.7 Å². The Morgan fingerprint density at radius 1 is 1.25 bits per heavy atom. The standard InChI is InChI=1S/C19H28N4O4S/c1-13-10-17(15(3)23(13)19-11-14(2)27-20-19)18(24)12-22-8-6-16(7-9-22)21(4)28(5,25)26/h10-11,16H,6-9,12H2,1-5H3. The molecule has 2 aromatic heterocycles. The summed E-state index contributed by atoms with van der Waals surface area (Å²) in [6, 6.07) is 3.74. The normalized spacial score (nSPS) is 16.8. The first-order valence-electron chi connectivity index (χ1n) is 9.39. The molecule has 3 rings (SSSR count). The second-order valence-corrected chi connectivity index (χ2v) is 9.67. The number of likely N-dealkylation sites (tertiary alicyclic amines) is 1. The summed E-state index contributed by atoms with van der Waals surface area (Å²) in [6.45, 7) is 7.44. The lowest BCUT2D eigenvalue weighted by atomic mass is 10.0. The van der Waals surface area contributed by atoms with E-state index in [2.05, 4.69) is 10.1 Å². The Balaban J connectivity index is 1.67. The largest absolute Gasteiger partial charge is 0.360 e. The van der Waals surface area contributed by atoms with Crippen LogP contribution >= 0.6 is 0 Å². The number of sulfonamides is 1. The molecular weight excluding hydrogens is 380 g/mol. The Kier molecular flexibility index (Phi) is 5.79. The highest BCUT2D eigenvalue weighted by Gasteiger charge is 2.28. The molecule has 0 radical (unpaired) electrons. The van der Waals surface area contributed by atoms with Crippen molar-refractivity contribution in [3.05, 3.63) is 34.8 Å². The van der Waals surface area contributed by atoms with Gasteiger partial charge >= 0.3 is 0 Å². The van der Waals surface area contributed by atoms with Crippen molar-refractivity contribution in [3.8, 4) is 5.82 Å². The van der Waals surface area contributed by atoms with Gasteiger partial charge in [-0.15, -0.1) is 0 Å². The average Bonchev–Trinajstić information content (AvgIpc) is 3.16. The Morgan fingerprint density at radius 3 is 2.43 bits per heavy atom. The van der Waals surface area contributed by atoms with E-state index in [1.54, 1.807) is 7.05 Å². The molecule has 0 saturated carbocycles. The molecule has 0 amide bonds. The third kappa shape index (κ3) is 4.21. The Labute approximate surface area is 166 Å². The first-order valence-corrected chi connectivity index (χ1v) is 11.2. The van der Waals surface area contributed by atoms with Crippen LogP contribution in [0.2, 0.25) is 0 Å². The van der Waals surface area contributed by atoms with E-state index in [0.29, 0.717) is 31.0 Å². The van der Waals surface area contributed by atoms with Gasteiger partial charge in [-0.05, 0) is 39.7 Å². The average molecular weight is 409 g/mol. The summed E-state index contributed by atoms with van der Waals surface area (Å²) in [5, 5.41) is 4.05. The number of nitrogens with zero attached hydrogens (tertiary/aromatic N) is 4. The number of carbonyl (C=O) groups excluding carboxylic acids is 1. The molecule has 3 heterocycles. The summed E-state index contributed by atoms with van der Waals surface area (Å²) >= 11 is 0. The lowest BCUT2D eigenvalue weighted by Gasteiger charge is -2.35. The lowest BCUT2D eigenvalue weighted by molar-refractivity contribution is 0.0890. The number of hydrogen-bond donors (Lipinski definition) is 0. The van der Waals surface area contributed by atoms with Gasteiger partial charge in [-0.3, -0.25) is 14.3 Å². The monoisotopic (exact) mass is 408 g/mol. The zero-order valence-electron chi connectivity index (χ0n) is 17.1. The number of Topliss-reactive ketones (excluding diaryl/α,β-unsaturated/α-hetero) is 1. The van der Waals surface area contributed by atoms with Crippen molar-refractivity contribution in [3.63, 3.8) is 0 Å². The van der Waals surface area contributed by atoms with Crippen LogP contribution < -0.4 is 0 Å². The number of carbonyl (C=O) groups is 1. The number of ketones is 1. The molecule has 28 heavy (non-hydrogen) atoms. The van der Waals surface area contributed by atoms with Crippen molar-refractivity contribution in [2.24, 2.45) is 0 Å². The van der Waals surface area contributed by atoms with Crippen molar-refractivity contribution >= 4 is 15.8 Å². The van der Waals surface area contributed by atoms with Crippen LogP contribution in [0.5, 0.6) is 0 Å². The maximum Gasteiger partial charge on any atom is 0.211 e. The van der Waals surface area contributed by atoms with Crippen LogP contribution in [0.4, 0.5) is 0 Å². The van der Waals surface area contributed by atoms with Crippen LogP contribution in [-0.2, 0) is 10.0 Å². The fraction of sp³-hybridized carbons (Fsp3) is 0.579. The van der Waals surface area contributed by atoms with E-state index in [0.717, 1.165) is 30.0 Å². The lowest BCUT2D eigenvalue weighted by Crippen LogP contribution is -2.46. The number of piperidine rings is 1. The first-order chi connectivity index (χ1) is 13.1. The van der Waals surface area contributed by atoms with E-state index in [-0.39, 0.29) is 11.8 Å². The molecule has 8 nitrogen and oxygen atoms in total. The zero-order chi connectivity index (χ0) is 20.6. The molecule has 0 aromatic carbocycles. The van der Waals surface area contributed by atoms with Gasteiger partial charge in [-0.1, -0.05) is 5.16 Å². The third-order valence-corrected chi connectivity index (χ3v) is 6.88. The van der Waals surface area contributed by atoms with Crippen LogP contribution in [0.3, 0.4) is 0 Å². The summed E-state index contributed by atoms with van der Waals surface area (Å²) in [7, 11) is -1.56. The highest BCUT2D eigenvalue weighted by atomic mass is 32.2. The second-order valence-electron chi connectivity index (χ2n) is 7.63. The van der Waals surface area contributed by atoms with Gasteiger partial charge in [0.2, 0.25) is 10.0 Å². The minimum absolute atomic E-state index is 0.00169. The van der Waals surface area contributed by atoms with E-state index < -0.39 is 10.0 Å². The maximum atomic E-state index is 12.9.